The quantitative estimate of drug-likeness (QED) is 0.389. The number of hydrogen-bond donors (Lipinski definition) is 1. The number of aryl methyl sites for hydroxylation is 1. The maximum atomic E-state index is 14.2. The molecule has 4 rings (SSSR count). The highest BCUT2D eigenvalue weighted by Gasteiger charge is 2.66. The number of carbonyl (C=O) groups excluding carboxylic acids is 3. The summed E-state index contributed by atoms with van der Waals surface area (Å²) < 4.78 is 0. The Morgan fingerprint density at radius 2 is 1.68 bits per heavy atom. The number of nitrogens with zero attached hydrogens (tertiary/aromatic N) is 3. The molecule has 7 heteroatoms. The summed E-state index contributed by atoms with van der Waals surface area (Å²) in [5, 5.41) is 11.4. The van der Waals surface area contributed by atoms with Gasteiger partial charge in [-0.05, 0) is 46.5 Å². The summed E-state index contributed by atoms with van der Waals surface area (Å²) in [5.41, 5.74) is 0.792. The zero-order valence-corrected chi connectivity index (χ0v) is 20.2. The monoisotopic (exact) mass is 461 g/mol. The summed E-state index contributed by atoms with van der Waals surface area (Å²) in [6, 6.07) is 14.3. The molecule has 0 radical (unpaired) electrons. The minimum absolute atomic E-state index is 0.151. The van der Waals surface area contributed by atoms with Gasteiger partial charge in [0, 0.05) is 24.2 Å². The van der Waals surface area contributed by atoms with E-state index in [1.165, 1.54) is 4.90 Å². The van der Waals surface area contributed by atoms with Crippen LogP contribution in [0.15, 0.2) is 54.1 Å². The van der Waals surface area contributed by atoms with Gasteiger partial charge < -0.3 is 19.8 Å². The molecule has 1 atom stereocenters. The number of aliphatic hydroxyl groups is 1. The van der Waals surface area contributed by atoms with Crippen molar-refractivity contribution in [1.82, 2.24) is 9.80 Å². The number of hydrogen-bond acceptors (Lipinski definition) is 5. The summed E-state index contributed by atoms with van der Waals surface area (Å²) in [6.45, 7) is 5.25. The first kappa shape index (κ1) is 23.7. The highest BCUT2D eigenvalue weighted by Crippen LogP contribution is 2.53. The molecular weight excluding hydrogens is 430 g/mol. The van der Waals surface area contributed by atoms with Crippen molar-refractivity contribution in [1.29, 1.82) is 0 Å². The number of likely N-dealkylation sites (tertiary alicyclic amines) is 1. The highest BCUT2D eigenvalue weighted by atomic mass is 16.3. The molecule has 0 aromatic heterocycles. The van der Waals surface area contributed by atoms with Gasteiger partial charge in [0.15, 0.2) is 5.54 Å². The number of anilines is 1. The Balaban J connectivity index is 1.99. The zero-order valence-electron chi connectivity index (χ0n) is 20.2. The molecule has 2 aromatic rings. The molecule has 1 fully saturated rings. The van der Waals surface area contributed by atoms with Gasteiger partial charge in [0.25, 0.3) is 17.6 Å². The lowest BCUT2D eigenvalue weighted by molar-refractivity contribution is -0.143. The predicted molar refractivity (Wildman–Crippen MR) is 131 cm³/mol. The maximum Gasteiger partial charge on any atom is 0.296 e. The van der Waals surface area contributed by atoms with Crippen LogP contribution >= 0.6 is 0 Å². The maximum absolute atomic E-state index is 14.2. The number of benzene rings is 2. The Kier molecular flexibility index (Phi) is 6.32. The standard InChI is InChI=1S/C27H31N3O4/c1-5-15-29-21-10-7-6-9-20(21)27(26(29)34)22(23(31)19-13-11-18(2)12-14-19)24(32)25(33)30(27)17-8-16-28(3)4/h6-7,9-14,31H,5,8,15-17H2,1-4H3/b23-22+. The lowest BCUT2D eigenvalue weighted by Crippen LogP contribution is -2.52. The van der Waals surface area contributed by atoms with Crippen LogP contribution in [0.5, 0.6) is 0 Å². The molecule has 7 nitrogen and oxygen atoms in total. The van der Waals surface area contributed by atoms with E-state index in [4.69, 9.17) is 0 Å². The van der Waals surface area contributed by atoms with Crippen LogP contribution in [-0.4, -0.2) is 66.2 Å². The highest BCUT2D eigenvalue weighted by molar-refractivity contribution is 6.50. The first-order valence-electron chi connectivity index (χ1n) is 11.7. The van der Waals surface area contributed by atoms with Crippen LogP contribution < -0.4 is 4.90 Å². The average Bonchev–Trinajstić information content (AvgIpc) is 3.18. The minimum atomic E-state index is -1.68. The largest absolute Gasteiger partial charge is 0.507 e. The van der Waals surface area contributed by atoms with Crippen LogP contribution in [0.4, 0.5) is 5.69 Å². The van der Waals surface area contributed by atoms with E-state index in [0.717, 1.165) is 5.56 Å². The molecule has 1 N–H and O–H groups in total. The Labute approximate surface area is 200 Å². The molecule has 0 aliphatic carbocycles. The van der Waals surface area contributed by atoms with Gasteiger partial charge in [-0.3, -0.25) is 14.4 Å². The summed E-state index contributed by atoms with van der Waals surface area (Å²) in [4.78, 5) is 46.1. The van der Waals surface area contributed by atoms with Gasteiger partial charge >= 0.3 is 0 Å². The Hall–Kier alpha value is -3.45. The fraction of sp³-hybridized carbons (Fsp3) is 0.370. The van der Waals surface area contributed by atoms with Crippen LogP contribution in [0.1, 0.15) is 36.5 Å². The molecule has 2 heterocycles. The number of fused-ring (bicyclic) bond motifs is 2. The van der Waals surface area contributed by atoms with E-state index in [2.05, 4.69) is 0 Å². The third-order valence-electron chi connectivity index (χ3n) is 6.57. The van der Waals surface area contributed by atoms with E-state index < -0.39 is 17.2 Å². The van der Waals surface area contributed by atoms with Crippen LogP contribution in [0.2, 0.25) is 0 Å². The third-order valence-corrected chi connectivity index (χ3v) is 6.57. The minimum Gasteiger partial charge on any atom is -0.507 e. The number of aliphatic hydroxyl groups excluding tert-OH is 1. The van der Waals surface area contributed by atoms with Crippen LogP contribution in [0, 0.1) is 6.92 Å². The Morgan fingerprint density at radius 1 is 1.00 bits per heavy atom. The number of rotatable bonds is 7. The molecule has 34 heavy (non-hydrogen) atoms. The predicted octanol–water partition coefficient (Wildman–Crippen LogP) is 3.28. The second kappa shape index (κ2) is 9.06. The van der Waals surface area contributed by atoms with Crippen LogP contribution in [-0.2, 0) is 19.9 Å². The van der Waals surface area contributed by atoms with Crippen molar-refractivity contribution >= 4 is 29.0 Å². The zero-order chi connectivity index (χ0) is 24.6. The molecule has 1 unspecified atom stereocenters. The second-order valence-electron chi connectivity index (χ2n) is 9.22. The SMILES string of the molecule is CCCN1C(=O)C2(/C(=C(/O)c3ccc(C)cc3)C(=O)C(=O)N2CCCN(C)C)c2ccccc21. The first-order valence-corrected chi connectivity index (χ1v) is 11.7. The summed E-state index contributed by atoms with van der Waals surface area (Å²) in [7, 11) is 3.86. The van der Waals surface area contributed by atoms with Gasteiger partial charge in [-0.15, -0.1) is 0 Å². The van der Waals surface area contributed by atoms with Gasteiger partial charge in [0.1, 0.15) is 5.76 Å². The number of ketones is 1. The van der Waals surface area contributed by atoms with Crippen LogP contribution in [0.25, 0.3) is 5.76 Å². The molecule has 2 amide bonds. The van der Waals surface area contributed by atoms with E-state index in [1.807, 2.05) is 57.1 Å². The van der Waals surface area contributed by atoms with Crippen molar-refractivity contribution in [3.63, 3.8) is 0 Å². The number of para-hydroxylation sites is 1. The topological polar surface area (TPSA) is 81.2 Å². The van der Waals surface area contributed by atoms with Crippen molar-refractivity contribution in [2.45, 2.75) is 32.2 Å². The lowest BCUT2D eigenvalue weighted by atomic mass is 9.81. The van der Waals surface area contributed by atoms with Gasteiger partial charge in [0.2, 0.25) is 0 Å². The van der Waals surface area contributed by atoms with Crippen molar-refractivity contribution in [3.8, 4) is 0 Å². The molecular formula is C27H31N3O4. The molecule has 2 aromatic carbocycles. The normalized spacial score (nSPS) is 21.3. The van der Waals surface area contributed by atoms with Gasteiger partial charge in [0.05, 0.1) is 11.3 Å². The van der Waals surface area contributed by atoms with Gasteiger partial charge in [-0.1, -0.05) is 55.0 Å². The van der Waals surface area contributed by atoms with E-state index in [-0.39, 0.29) is 23.8 Å². The Morgan fingerprint density at radius 3 is 2.32 bits per heavy atom. The summed E-state index contributed by atoms with van der Waals surface area (Å²) >= 11 is 0. The molecule has 0 bridgehead atoms. The average molecular weight is 462 g/mol. The van der Waals surface area contributed by atoms with Gasteiger partial charge in [-0.2, -0.15) is 0 Å². The molecule has 0 saturated carbocycles. The van der Waals surface area contributed by atoms with Gasteiger partial charge in [-0.25, -0.2) is 0 Å². The fourth-order valence-corrected chi connectivity index (χ4v) is 5.01. The number of Topliss-reactive ketones (excluding diaryl/α,β-unsaturated/α-hetero) is 1. The molecule has 1 saturated heterocycles. The van der Waals surface area contributed by atoms with Crippen molar-refractivity contribution in [3.05, 3.63) is 70.8 Å². The smallest absolute Gasteiger partial charge is 0.296 e. The fourth-order valence-electron chi connectivity index (χ4n) is 5.01. The molecule has 2 aliphatic rings. The number of amides is 2. The van der Waals surface area contributed by atoms with Crippen LogP contribution in [0.3, 0.4) is 0 Å². The van der Waals surface area contributed by atoms with E-state index in [9.17, 15) is 19.5 Å². The second-order valence-corrected chi connectivity index (χ2v) is 9.22. The molecule has 2 aliphatic heterocycles. The first-order chi connectivity index (χ1) is 16.2. The third kappa shape index (κ3) is 3.51. The summed E-state index contributed by atoms with van der Waals surface area (Å²) in [5.74, 6) is -2.28. The van der Waals surface area contributed by atoms with Crippen molar-refractivity contribution in [2.75, 3.05) is 38.6 Å². The lowest BCUT2D eigenvalue weighted by Gasteiger charge is -2.34. The summed E-state index contributed by atoms with van der Waals surface area (Å²) in [6.07, 6.45) is 1.29. The Bertz CT molecular complexity index is 1170. The molecule has 178 valence electrons. The van der Waals surface area contributed by atoms with E-state index >= 15 is 0 Å². The number of carbonyl (C=O) groups is 3. The van der Waals surface area contributed by atoms with E-state index in [0.29, 0.717) is 42.7 Å². The van der Waals surface area contributed by atoms with E-state index in [1.54, 1.807) is 29.2 Å². The molecule has 1 spiro atoms. The van der Waals surface area contributed by atoms with Crippen molar-refractivity contribution in [2.24, 2.45) is 0 Å². The van der Waals surface area contributed by atoms with Crippen molar-refractivity contribution < 1.29 is 19.5 Å².